The lowest BCUT2D eigenvalue weighted by Crippen LogP contribution is -2.51. The first kappa shape index (κ1) is 38.7. The van der Waals surface area contributed by atoms with Gasteiger partial charge in [0.05, 0.1) is 7.11 Å². The smallest absolute Gasteiger partial charge is 0.411 e. The maximum atomic E-state index is 14.0. The molecule has 2 amide bonds. The van der Waals surface area contributed by atoms with Crippen molar-refractivity contribution < 1.29 is 42.9 Å². The predicted molar refractivity (Wildman–Crippen MR) is 176 cm³/mol. The molecule has 0 aromatic heterocycles. The first-order valence-corrected chi connectivity index (χ1v) is 15.7. The van der Waals surface area contributed by atoms with Crippen LogP contribution in [0.1, 0.15) is 58.6 Å². The van der Waals surface area contributed by atoms with Gasteiger partial charge in [-0.1, -0.05) is 70.2 Å². The molecule has 0 spiro atoms. The van der Waals surface area contributed by atoms with Gasteiger partial charge in [-0.15, -0.1) is 0 Å². The van der Waals surface area contributed by atoms with Gasteiger partial charge in [0, 0.05) is 19.2 Å². The van der Waals surface area contributed by atoms with Crippen molar-refractivity contribution in [1.29, 1.82) is 0 Å². The summed E-state index contributed by atoms with van der Waals surface area (Å²) in [7, 11) is 4.34. The first-order chi connectivity index (χ1) is 22.2. The zero-order chi connectivity index (χ0) is 35.1. The number of nitrogens with one attached hydrogen (secondary N) is 2. The Morgan fingerprint density at radius 3 is 1.94 bits per heavy atom. The summed E-state index contributed by atoms with van der Waals surface area (Å²) in [5, 5.41) is 5.51. The molecule has 0 aliphatic rings. The van der Waals surface area contributed by atoms with Gasteiger partial charge < -0.3 is 29.2 Å². The Balaban J connectivity index is 2.27. The quantitative estimate of drug-likeness (QED) is 0.184. The number of methoxy groups -OCH3 is 1. The molecule has 0 aliphatic carbocycles. The van der Waals surface area contributed by atoms with Crippen LogP contribution in [-0.2, 0) is 51.2 Å². The number of ether oxygens (including phenoxy) is 4. The van der Waals surface area contributed by atoms with E-state index in [0.29, 0.717) is 17.7 Å². The van der Waals surface area contributed by atoms with E-state index < -0.39 is 54.2 Å². The van der Waals surface area contributed by atoms with E-state index in [1.165, 1.54) is 26.0 Å². The predicted octanol–water partition coefficient (Wildman–Crippen LogP) is 4.50. The molecule has 12 nitrogen and oxygen atoms in total. The van der Waals surface area contributed by atoms with Gasteiger partial charge >= 0.3 is 24.0 Å². The summed E-state index contributed by atoms with van der Waals surface area (Å²) in [4.78, 5) is 66.2. The second kappa shape index (κ2) is 19.3. The molecule has 0 radical (unpaired) electrons. The van der Waals surface area contributed by atoms with Crippen LogP contribution in [0.5, 0.6) is 0 Å². The molecule has 2 N–H and O–H groups in total. The summed E-state index contributed by atoms with van der Waals surface area (Å²) in [5.41, 5.74) is 1.90. The fourth-order valence-electron chi connectivity index (χ4n) is 4.70. The highest BCUT2D eigenvalue weighted by Crippen LogP contribution is 2.20. The molecule has 0 unspecified atom stereocenters. The van der Waals surface area contributed by atoms with Crippen LogP contribution < -0.4 is 10.6 Å². The van der Waals surface area contributed by atoms with Gasteiger partial charge in [-0.05, 0) is 61.9 Å². The lowest BCUT2D eigenvalue weighted by atomic mass is 10.0. The van der Waals surface area contributed by atoms with Crippen molar-refractivity contribution >= 4 is 35.6 Å². The SMILES string of the molecule is CN[C@@H](CC(C)C)C(=O)O[C@H](Cc1ccc(NC(=O)OC)cc1)C(=O)N(C)[C@@H](CC(C)C)C(=O)O[C@H](C)C(=O)OCc1ccccc1. The third kappa shape index (κ3) is 13.1. The van der Waals surface area contributed by atoms with Gasteiger partial charge in [0.15, 0.2) is 12.2 Å². The zero-order valence-electron chi connectivity index (χ0n) is 28.6. The lowest BCUT2D eigenvalue weighted by molar-refractivity contribution is -0.174. The number of nitrogens with zero attached hydrogens (tertiary/aromatic N) is 1. The highest BCUT2D eigenvalue weighted by atomic mass is 16.6. The van der Waals surface area contributed by atoms with Crippen LogP contribution in [0.15, 0.2) is 54.6 Å². The van der Waals surface area contributed by atoms with Gasteiger partial charge in [0.1, 0.15) is 18.7 Å². The molecule has 2 aromatic rings. The van der Waals surface area contributed by atoms with Gasteiger partial charge in [0.25, 0.3) is 5.91 Å². The molecule has 0 bridgehead atoms. The molecule has 0 heterocycles. The maximum absolute atomic E-state index is 14.0. The number of carbonyl (C=O) groups excluding carboxylic acids is 5. The normalized spacial score (nSPS) is 13.6. The summed E-state index contributed by atoms with van der Waals surface area (Å²) >= 11 is 0. The van der Waals surface area contributed by atoms with Crippen molar-refractivity contribution in [2.45, 2.75) is 84.8 Å². The molecule has 2 rings (SSSR count). The Hall–Kier alpha value is -4.45. The number of anilines is 1. The van der Waals surface area contributed by atoms with E-state index in [4.69, 9.17) is 14.2 Å². The van der Waals surface area contributed by atoms with Crippen molar-refractivity contribution in [3.05, 3.63) is 65.7 Å². The number of benzene rings is 2. The maximum Gasteiger partial charge on any atom is 0.411 e. The Morgan fingerprint density at radius 1 is 0.766 bits per heavy atom. The number of carbonyl (C=O) groups is 5. The van der Waals surface area contributed by atoms with Crippen LogP contribution in [-0.4, -0.2) is 80.3 Å². The molecule has 0 fully saturated rings. The minimum absolute atomic E-state index is 0.00279. The van der Waals surface area contributed by atoms with Crippen LogP contribution in [0.2, 0.25) is 0 Å². The van der Waals surface area contributed by atoms with Crippen LogP contribution in [0, 0.1) is 11.8 Å². The van der Waals surface area contributed by atoms with Gasteiger partial charge in [-0.3, -0.25) is 14.9 Å². The van der Waals surface area contributed by atoms with E-state index in [2.05, 4.69) is 15.4 Å². The molecule has 0 saturated carbocycles. The monoisotopic (exact) mass is 655 g/mol. The first-order valence-electron chi connectivity index (χ1n) is 15.7. The molecule has 0 aliphatic heterocycles. The second-order valence-corrected chi connectivity index (χ2v) is 12.2. The van der Waals surface area contributed by atoms with Crippen LogP contribution in [0.3, 0.4) is 0 Å². The molecule has 0 saturated heterocycles. The molecule has 4 atom stereocenters. The Labute approximate surface area is 277 Å². The van der Waals surface area contributed by atoms with Crippen molar-refractivity contribution in [3.8, 4) is 0 Å². The second-order valence-electron chi connectivity index (χ2n) is 12.2. The Morgan fingerprint density at radius 2 is 1.38 bits per heavy atom. The lowest BCUT2D eigenvalue weighted by Gasteiger charge is -2.32. The number of hydrogen-bond acceptors (Lipinski definition) is 10. The average molecular weight is 656 g/mol. The third-order valence-corrected chi connectivity index (χ3v) is 7.31. The Bertz CT molecular complexity index is 1320. The van der Waals surface area contributed by atoms with Crippen molar-refractivity contribution in [1.82, 2.24) is 10.2 Å². The summed E-state index contributed by atoms with van der Waals surface area (Å²) in [6.07, 6.45) is -2.43. The van der Waals surface area contributed by atoms with Crippen LogP contribution in [0.25, 0.3) is 0 Å². The molecule has 12 heteroatoms. The molecule has 47 heavy (non-hydrogen) atoms. The van der Waals surface area contributed by atoms with Gasteiger partial charge in [-0.2, -0.15) is 0 Å². The summed E-state index contributed by atoms with van der Waals surface area (Å²) < 4.78 is 21.3. The van der Waals surface area contributed by atoms with E-state index >= 15 is 0 Å². The fourth-order valence-corrected chi connectivity index (χ4v) is 4.70. The topological polar surface area (TPSA) is 150 Å². The standard InChI is InChI=1S/C35H49N3O9/c1-22(2)18-28(36-6)33(41)47-30(20-25-14-16-27(17-15-25)37-35(43)44-8)31(39)38(7)29(19-23(3)4)34(42)46-24(5)32(40)45-21-26-12-10-9-11-13-26/h9-17,22-24,28-30,36H,18-21H2,1-8H3,(H,37,43)/t24-,28+,29+,30-/m1/s1. The fraction of sp³-hybridized carbons (Fsp3) is 0.514. The van der Waals surface area contributed by atoms with Crippen LogP contribution in [0.4, 0.5) is 10.5 Å². The van der Waals surface area contributed by atoms with Crippen molar-refractivity contribution in [2.24, 2.45) is 11.8 Å². The van der Waals surface area contributed by atoms with E-state index in [1.54, 1.807) is 31.3 Å². The number of amides is 2. The minimum atomic E-state index is -1.29. The largest absolute Gasteiger partial charge is 0.458 e. The van der Waals surface area contributed by atoms with Gasteiger partial charge in [-0.25, -0.2) is 14.4 Å². The van der Waals surface area contributed by atoms with Gasteiger partial charge in [0.2, 0.25) is 0 Å². The zero-order valence-corrected chi connectivity index (χ0v) is 28.6. The van der Waals surface area contributed by atoms with Crippen molar-refractivity contribution in [2.75, 3.05) is 26.5 Å². The highest BCUT2D eigenvalue weighted by Gasteiger charge is 2.37. The summed E-state index contributed by atoms with van der Waals surface area (Å²) in [5.74, 6) is -2.57. The number of likely N-dealkylation sites (N-methyl/N-ethyl adjacent to an activating group) is 2. The van der Waals surface area contributed by atoms with E-state index in [0.717, 1.165) is 5.56 Å². The molecular formula is C35H49N3O9. The highest BCUT2D eigenvalue weighted by molar-refractivity contribution is 5.90. The number of rotatable bonds is 17. The molecule has 258 valence electrons. The van der Waals surface area contributed by atoms with Crippen molar-refractivity contribution in [3.63, 3.8) is 0 Å². The minimum Gasteiger partial charge on any atom is -0.458 e. The van der Waals surface area contributed by atoms with E-state index in [-0.39, 0.29) is 31.3 Å². The van der Waals surface area contributed by atoms with E-state index in [1.807, 2.05) is 58.0 Å². The summed E-state index contributed by atoms with van der Waals surface area (Å²) in [6, 6.07) is 14.0. The number of hydrogen-bond donors (Lipinski definition) is 2. The van der Waals surface area contributed by atoms with Crippen LogP contribution >= 0.6 is 0 Å². The van der Waals surface area contributed by atoms with E-state index in [9.17, 15) is 24.0 Å². The molecule has 2 aromatic carbocycles. The third-order valence-electron chi connectivity index (χ3n) is 7.31. The summed E-state index contributed by atoms with van der Waals surface area (Å²) in [6.45, 7) is 9.15. The number of esters is 3. The Kier molecular flexibility index (Phi) is 15.9. The molecular weight excluding hydrogens is 606 g/mol. The average Bonchev–Trinajstić information content (AvgIpc) is 3.04.